The average molecular weight is 341 g/mol. The number of nitrogens with zero attached hydrogens (tertiary/aromatic N) is 3. The van der Waals surface area contributed by atoms with E-state index in [9.17, 15) is 4.79 Å². The predicted octanol–water partition coefficient (Wildman–Crippen LogP) is 1.75. The summed E-state index contributed by atoms with van der Waals surface area (Å²) < 4.78 is 5.32. The van der Waals surface area contributed by atoms with Crippen LogP contribution in [0.2, 0.25) is 0 Å². The largest absolute Gasteiger partial charge is 0.497 e. The van der Waals surface area contributed by atoms with Crippen molar-refractivity contribution in [1.82, 2.24) is 14.9 Å². The lowest BCUT2D eigenvalue weighted by Gasteiger charge is -2.36. The van der Waals surface area contributed by atoms with E-state index in [4.69, 9.17) is 16.2 Å². The molecule has 1 atom stereocenters. The monoisotopic (exact) mass is 341 g/mol. The van der Waals surface area contributed by atoms with Crippen molar-refractivity contribution in [3.05, 3.63) is 36.2 Å². The maximum absolute atomic E-state index is 12.3. The first-order valence-corrected chi connectivity index (χ1v) is 8.40. The molecular weight excluding hydrogens is 318 g/mol. The zero-order chi connectivity index (χ0) is 17.8. The molecule has 1 amide bonds. The molecule has 1 saturated heterocycles. The minimum Gasteiger partial charge on any atom is -0.497 e. The van der Waals surface area contributed by atoms with Gasteiger partial charge in [0, 0.05) is 18.3 Å². The van der Waals surface area contributed by atoms with Crippen LogP contribution in [-0.4, -0.2) is 41.0 Å². The van der Waals surface area contributed by atoms with Crippen molar-refractivity contribution < 1.29 is 9.53 Å². The van der Waals surface area contributed by atoms with E-state index in [1.165, 1.54) is 0 Å². The third kappa shape index (κ3) is 3.56. The number of anilines is 1. The van der Waals surface area contributed by atoms with Crippen molar-refractivity contribution in [1.29, 1.82) is 0 Å². The van der Waals surface area contributed by atoms with E-state index in [0.29, 0.717) is 6.54 Å². The average Bonchev–Trinajstić information content (AvgIpc) is 2.67. The SMILES string of the molecule is COc1cccc(-c2cnc(N)nc2C2CCCCN2C(=O)CN)c1. The third-order valence-electron chi connectivity index (χ3n) is 4.53. The van der Waals surface area contributed by atoms with Crippen molar-refractivity contribution in [2.24, 2.45) is 5.73 Å². The molecular formula is C18H23N5O2. The van der Waals surface area contributed by atoms with E-state index in [0.717, 1.165) is 41.8 Å². The first-order chi connectivity index (χ1) is 12.1. The fourth-order valence-electron chi connectivity index (χ4n) is 3.31. The number of benzene rings is 1. The number of ether oxygens (including phenoxy) is 1. The van der Waals surface area contributed by atoms with Gasteiger partial charge in [-0.25, -0.2) is 9.97 Å². The number of likely N-dealkylation sites (tertiary alicyclic amines) is 1. The Morgan fingerprint density at radius 2 is 2.24 bits per heavy atom. The molecule has 2 heterocycles. The summed E-state index contributed by atoms with van der Waals surface area (Å²) in [5.74, 6) is 0.879. The highest BCUT2D eigenvalue weighted by Gasteiger charge is 2.30. The van der Waals surface area contributed by atoms with Gasteiger partial charge in [0.25, 0.3) is 0 Å². The number of carbonyl (C=O) groups excluding carboxylic acids is 1. The van der Waals surface area contributed by atoms with Crippen molar-refractivity contribution in [2.75, 3.05) is 25.9 Å². The second-order valence-electron chi connectivity index (χ2n) is 6.06. The molecule has 0 spiro atoms. The second kappa shape index (κ2) is 7.48. The van der Waals surface area contributed by atoms with Gasteiger partial charge in [0.15, 0.2) is 0 Å². The normalized spacial score (nSPS) is 17.4. The van der Waals surface area contributed by atoms with Crippen LogP contribution >= 0.6 is 0 Å². The van der Waals surface area contributed by atoms with E-state index >= 15 is 0 Å². The molecule has 0 bridgehead atoms. The molecule has 1 aromatic carbocycles. The maximum atomic E-state index is 12.3. The van der Waals surface area contributed by atoms with Crippen LogP contribution in [0.4, 0.5) is 5.95 Å². The summed E-state index contributed by atoms with van der Waals surface area (Å²) in [6.07, 6.45) is 4.54. The van der Waals surface area contributed by atoms with Crippen LogP contribution in [0.15, 0.2) is 30.5 Å². The molecule has 2 aromatic rings. The Morgan fingerprint density at radius 3 is 3.00 bits per heavy atom. The Kier molecular flexibility index (Phi) is 5.14. The molecule has 7 heteroatoms. The lowest BCUT2D eigenvalue weighted by atomic mass is 9.93. The van der Waals surface area contributed by atoms with E-state index < -0.39 is 0 Å². The number of hydrogen-bond donors (Lipinski definition) is 2. The molecule has 0 radical (unpaired) electrons. The van der Waals surface area contributed by atoms with Crippen LogP contribution in [0.5, 0.6) is 5.75 Å². The Labute approximate surface area is 147 Å². The highest BCUT2D eigenvalue weighted by Crippen LogP contribution is 2.36. The van der Waals surface area contributed by atoms with E-state index in [1.54, 1.807) is 13.3 Å². The summed E-state index contributed by atoms with van der Waals surface area (Å²) in [5, 5.41) is 0. The van der Waals surface area contributed by atoms with Crippen LogP contribution in [0.1, 0.15) is 31.0 Å². The number of methoxy groups -OCH3 is 1. The molecule has 1 aromatic heterocycles. The number of piperidine rings is 1. The van der Waals surface area contributed by atoms with E-state index in [-0.39, 0.29) is 24.4 Å². The van der Waals surface area contributed by atoms with Gasteiger partial charge in [0.2, 0.25) is 11.9 Å². The fraction of sp³-hybridized carbons (Fsp3) is 0.389. The molecule has 3 rings (SSSR count). The van der Waals surface area contributed by atoms with Crippen LogP contribution in [0.3, 0.4) is 0 Å². The van der Waals surface area contributed by atoms with E-state index in [1.807, 2.05) is 29.2 Å². The first kappa shape index (κ1) is 17.2. The summed E-state index contributed by atoms with van der Waals surface area (Å²) in [7, 11) is 1.63. The number of aromatic nitrogens is 2. The van der Waals surface area contributed by atoms with E-state index in [2.05, 4.69) is 9.97 Å². The second-order valence-corrected chi connectivity index (χ2v) is 6.06. The Hall–Kier alpha value is -2.67. The fourth-order valence-corrected chi connectivity index (χ4v) is 3.31. The van der Waals surface area contributed by atoms with Gasteiger partial charge in [-0.15, -0.1) is 0 Å². The van der Waals surface area contributed by atoms with Gasteiger partial charge in [0.05, 0.1) is 25.4 Å². The van der Waals surface area contributed by atoms with Crippen LogP contribution in [0.25, 0.3) is 11.1 Å². The third-order valence-corrected chi connectivity index (χ3v) is 4.53. The van der Waals surface area contributed by atoms with Crippen molar-refractivity contribution >= 4 is 11.9 Å². The summed E-state index contributed by atoms with van der Waals surface area (Å²) in [6, 6.07) is 7.55. The molecule has 0 aliphatic carbocycles. The molecule has 1 aliphatic rings. The molecule has 1 unspecified atom stereocenters. The summed E-state index contributed by atoms with van der Waals surface area (Å²) in [4.78, 5) is 22.7. The minimum absolute atomic E-state index is 0.00837. The van der Waals surface area contributed by atoms with Gasteiger partial charge < -0.3 is 21.1 Å². The number of hydrogen-bond acceptors (Lipinski definition) is 6. The molecule has 0 saturated carbocycles. The van der Waals surface area contributed by atoms with Gasteiger partial charge >= 0.3 is 0 Å². The minimum atomic E-state index is -0.142. The number of carbonyl (C=O) groups is 1. The number of nitrogen functional groups attached to an aromatic ring is 1. The van der Waals surface area contributed by atoms with Crippen LogP contribution in [0, 0.1) is 0 Å². The zero-order valence-corrected chi connectivity index (χ0v) is 14.3. The number of amides is 1. The Bertz CT molecular complexity index is 765. The zero-order valence-electron chi connectivity index (χ0n) is 14.3. The van der Waals surface area contributed by atoms with Crippen molar-refractivity contribution in [2.45, 2.75) is 25.3 Å². The predicted molar refractivity (Wildman–Crippen MR) is 95.8 cm³/mol. The Morgan fingerprint density at radius 1 is 1.40 bits per heavy atom. The summed E-state index contributed by atoms with van der Waals surface area (Å²) in [5.41, 5.74) is 14.0. The molecule has 7 nitrogen and oxygen atoms in total. The first-order valence-electron chi connectivity index (χ1n) is 8.40. The molecule has 1 aliphatic heterocycles. The van der Waals surface area contributed by atoms with Crippen LogP contribution < -0.4 is 16.2 Å². The summed E-state index contributed by atoms with van der Waals surface area (Å²) >= 11 is 0. The quantitative estimate of drug-likeness (QED) is 0.877. The number of rotatable bonds is 4. The van der Waals surface area contributed by atoms with Crippen molar-refractivity contribution in [3.8, 4) is 16.9 Å². The molecule has 1 fully saturated rings. The smallest absolute Gasteiger partial charge is 0.236 e. The highest BCUT2D eigenvalue weighted by molar-refractivity contribution is 5.79. The van der Waals surface area contributed by atoms with Gasteiger partial charge in [0.1, 0.15) is 5.75 Å². The Balaban J connectivity index is 2.08. The van der Waals surface area contributed by atoms with Gasteiger partial charge in [-0.1, -0.05) is 12.1 Å². The lowest BCUT2D eigenvalue weighted by molar-refractivity contribution is -0.133. The van der Waals surface area contributed by atoms with Gasteiger partial charge in [-0.2, -0.15) is 0 Å². The lowest BCUT2D eigenvalue weighted by Crippen LogP contribution is -2.42. The maximum Gasteiger partial charge on any atom is 0.236 e. The molecule has 4 N–H and O–H groups in total. The molecule has 132 valence electrons. The van der Waals surface area contributed by atoms with Gasteiger partial charge in [-0.3, -0.25) is 4.79 Å². The highest BCUT2D eigenvalue weighted by atomic mass is 16.5. The molecule has 25 heavy (non-hydrogen) atoms. The number of nitrogens with two attached hydrogens (primary N) is 2. The standard InChI is InChI=1S/C18H23N5O2/c1-25-13-6-4-5-12(9-13)14-11-21-18(20)22-17(14)15-7-2-3-8-23(15)16(24)10-19/h4-6,9,11,15H,2-3,7-8,10,19H2,1H3,(H2,20,21,22). The van der Waals surface area contributed by atoms with Gasteiger partial charge in [-0.05, 0) is 37.0 Å². The summed E-state index contributed by atoms with van der Waals surface area (Å²) in [6.45, 7) is 0.674. The van der Waals surface area contributed by atoms with Crippen molar-refractivity contribution in [3.63, 3.8) is 0 Å². The van der Waals surface area contributed by atoms with Crippen LogP contribution in [-0.2, 0) is 4.79 Å². The topological polar surface area (TPSA) is 107 Å².